The second-order valence-corrected chi connectivity index (χ2v) is 5.80. The zero-order valence-electron chi connectivity index (χ0n) is 10.4. The van der Waals surface area contributed by atoms with E-state index in [4.69, 9.17) is 0 Å². The highest BCUT2D eigenvalue weighted by Gasteiger charge is 2.30. The van der Waals surface area contributed by atoms with Crippen LogP contribution >= 0.6 is 11.3 Å². The van der Waals surface area contributed by atoms with Crippen LogP contribution < -0.4 is 5.56 Å². The Hall–Kier alpha value is -1.35. The van der Waals surface area contributed by atoms with Crippen molar-refractivity contribution in [1.82, 2.24) is 19.5 Å². The Bertz CT molecular complexity index is 657. The summed E-state index contributed by atoms with van der Waals surface area (Å²) in [5, 5.41) is 23.9. The minimum atomic E-state index is -0.711. The maximum absolute atomic E-state index is 11.7. The first-order valence-electron chi connectivity index (χ1n) is 5.98. The van der Waals surface area contributed by atoms with Gasteiger partial charge in [-0.1, -0.05) is 11.3 Å². The third kappa shape index (κ3) is 2.39. The van der Waals surface area contributed by atoms with Crippen LogP contribution in [0.15, 0.2) is 10.9 Å². The Kier molecular flexibility index (Phi) is 3.09. The van der Waals surface area contributed by atoms with Crippen LogP contribution in [-0.4, -0.2) is 55.0 Å². The molecule has 0 amide bonds. The average Bonchev–Trinajstić information content (AvgIpc) is 2.83. The smallest absolute Gasteiger partial charge is 0.275 e. The van der Waals surface area contributed by atoms with E-state index >= 15 is 0 Å². The van der Waals surface area contributed by atoms with Gasteiger partial charge in [0, 0.05) is 24.8 Å². The number of rotatable bonds is 2. The summed E-state index contributed by atoms with van der Waals surface area (Å²) in [6.07, 6.45) is -1.42. The monoisotopic (exact) mass is 282 g/mol. The summed E-state index contributed by atoms with van der Waals surface area (Å²) < 4.78 is 1.29. The first kappa shape index (κ1) is 12.7. The summed E-state index contributed by atoms with van der Waals surface area (Å²) in [7, 11) is 0. The van der Waals surface area contributed by atoms with Crippen LogP contribution in [0.5, 0.6) is 0 Å². The third-order valence-corrected chi connectivity index (χ3v) is 4.00. The maximum Gasteiger partial charge on any atom is 0.275 e. The molecule has 1 fully saturated rings. The molecule has 0 aliphatic carbocycles. The molecule has 0 radical (unpaired) electrons. The number of hydrogen-bond donors (Lipinski definition) is 2. The molecule has 1 saturated heterocycles. The summed E-state index contributed by atoms with van der Waals surface area (Å²) in [5.41, 5.74) is 0.485. The van der Waals surface area contributed by atoms with Gasteiger partial charge in [0.2, 0.25) is 4.96 Å². The molecule has 0 aromatic carbocycles. The van der Waals surface area contributed by atoms with Crippen molar-refractivity contribution in [2.75, 3.05) is 13.1 Å². The maximum atomic E-state index is 11.7. The third-order valence-electron chi connectivity index (χ3n) is 3.11. The molecule has 2 N–H and O–H groups in total. The molecule has 19 heavy (non-hydrogen) atoms. The Balaban J connectivity index is 1.86. The van der Waals surface area contributed by atoms with Gasteiger partial charge in [-0.2, -0.15) is 9.61 Å². The van der Waals surface area contributed by atoms with Gasteiger partial charge >= 0.3 is 0 Å². The second-order valence-electron chi connectivity index (χ2n) is 4.75. The summed E-state index contributed by atoms with van der Waals surface area (Å²) in [5.74, 6) is 0. The molecule has 0 saturated carbocycles. The Morgan fingerprint density at radius 1 is 1.42 bits per heavy atom. The van der Waals surface area contributed by atoms with E-state index in [9.17, 15) is 15.0 Å². The quantitative estimate of drug-likeness (QED) is 0.734. The summed E-state index contributed by atoms with van der Waals surface area (Å²) in [6.45, 7) is 3.10. The normalized spacial score (nSPS) is 24.4. The van der Waals surface area contributed by atoms with Crippen LogP contribution in [0.4, 0.5) is 0 Å². The van der Waals surface area contributed by atoms with Gasteiger partial charge in [-0.05, 0) is 6.92 Å². The largest absolute Gasteiger partial charge is 0.389 e. The molecule has 0 spiro atoms. The van der Waals surface area contributed by atoms with Crippen LogP contribution in [0.25, 0.3) is 4.96 Å². The van der Waals surface area contributed by atoms with Crippen molar-refractivity contribution in [2.24, 2.45) is 0 Å². The molecule has 102 valence electrons. The molecule has 7 nitrogen and oxygen atoms in total. The second kappa shape index (κ2) is 4.64. The van der Waals surface area contributed by atoms with E-state index in [1.54, 1.807) is 6.92 Å². The summed E-state index contributed by atoms with van der Waals surface area (Å²) in [4.78, 5) is 18.5. The standard InChI is InChI=1S/C11H14N4O3S/c1-6-2-10(18)15-11(12-6)19-9(13-15)5-14-3-7(16)8(17)4-14/h2,7-8,16-17H,3-5H2,1H3/t7-,8+. The predicted molar refractivity (Wildman–Crippen MR) is 69.2 cm³/mol. The fourth-order valence-electron chi connectivity index (χ4n) is 2.19. The van der Waals surface area contributed by atoms with Crippen molar-refractivity contribution in [3.8, 4) is 0 Å². The minimum absolute atomic E-state index is 0.188. The molecule has 8 heteroatoms. The number of aliphatic hydroxyl groups excluding tert-OH is 2. The van der Waals surface area contributed by atoms with Gasteiger partial charge in [0.25, 0.3) is 5.56 Å². The van der Waals surface area contributed by atoms with E-state index in [0.29, 0.717) is 30.3 Å². The van der Waals surface area contributed by atoms with Crippen molar-refractivity contribution >= 4 is 16.3 Å². The number of β-amino-alcohol motifs (C(OH)–C–C–N with tert-alkyl or cyclic N) is 2. The lowest BCUT2D eigenvalue weighted by Gasteiger charge is -2.11. The lowest BCUT2D eigenvalue weighted by molar-refractivity contribution is 0.0572. The molecule has 0 unspecified atom stereocenters. The van der Waals surface area contributed by atoms with Crippen LogP contribution in [-0.2, 0) is 6.54 Å². The van der Waals surface area contributed by atoms with E-state index in [0.717, 1.165) is 5.01 Å². The molecule has 1 aliphatic heterocycles. The van der Waals surface area contributed by atoms with Crippen LogP contribution in [0.3, 0.4) is 0 Å². The van der Waals surface area contributed by atoms with Gasteiger partial charge in [-0.25, -0.2) is 4.98 Å². The van der Waals surface area contributed by atoms with Crippen molar-refractivity contribution in [3.63, 3.8) is 0 Å². The Morgan fingerprint density at radius 2 is 2.11 bits per heavy atom. The minimum Gasteiger partial charge on any atom is -0.389 e. The van der Waals surface area contributed by atoms with E-state index in [1.165, 1.54) is 21.9 Å². The number of aromatic nitrogens is 3. The number of fused-ring (bicyclic) bond motifs is 1. The van der Waals surface area contributed by atoms with E-state index in [1.807, 2.05) is 4.90 Å². The SMILES string of the molecule is Cc1cc(=O)n2nc(CN3C[C@@H](O)[C@@H](O)C3)sc2n1. The first-order valence-corrected chi connectivity index (χ1v) is 6.79. The fourth-order valence-corrected chi connectivity index (χ4v) is 3.18. The molecule has 2 aromatic heterocycles. The summed E-state index contributed by atoms with van der Waals surface area (Å²) in [6, 6.07) is 1.44. The lowest BCUT2D eigenvalue weighted by Crippen LogP contribution is -2.22. The van der Waals surface area contributed by atoms with Crippen LogP contribution in [0.2, 0.25) is 0 Å². The van der Waals surface area contributed by atoms with Gasteiger partial charge in [-0.3, -0.25) is 9.69 Å². The van der Waals surface area contributed by atoms with E-state index in [-0.39, 0.29) is 5.56 Å². The first-order chi connectivity index (χ1) is 9.02. The molecule has 0 bridgehead atoms. The van der Waals surface area contributed by atoms with Crippen molar-refractivity contribution in [2.45, 2.75) is 25.7 Å². The molecule has 2 aromatic rings. The number of hydrogen-bond acceptors (Lipinski definition) is 7. The molecule has 3 rings (SSSR count). The van der Waals surface area contributed by atoms with Crippen molar-refractivity contribution in [1.29, 1.82) is 0 Å². The fraction of sp³-hybridized carbons (Fsp3) is 0.545. The average molecular weight is 282 g/mol. The highest BCUT2D eigenvalue weighted by Crippen LogP contribution is 2.17. The van der Waals surface area contributed by atoms with Crippen molar-refractivity contribution in [3.05, 3.63) is 27.1 Å². The van der Waals surface area contributed by atoms with Crippen LogP contribution in [0.1, 0.15) is 10.7 Å². The molecule has 3 heterocycles. The molecular weight excluding hydrogens is 268 g/mol. The topological polar surface area (TPSA) is 91.0 Å². The highest BCUT2D eigenvalue weighted by molar-refractivity contribution is 7.16. The van der Waals surface area contributed by atoms with E-state index < -0.39 is 12.2 Å². The summed E-state index contributed by atoms with van der Waals surface area (Å²) >= 11 is 1.35. The van der Waals surface area contributed by atoms with Gasteiger partial charge in [-0.15, -0.1) is 0 Å². The van der Waals surface area contributed by atoms with Crippen LogP contribution in [0, 0.1) is 6.92 Å². The molecule has 1 aliphatic rings. The zero-order valence-corrected chi connectivity index (χ0v) is 11.2. The number of aliphatic hydroxyl groups is 2. The number of likely N-dealkylation sites (tertiary alicyclic amines) is 1. The van der Waals surface area contributed by atoms with Gasteiger partial charge < -0.3 is 10.2 Å². The van der Waals surface area contributed by atoms with Gasteiger partial charge in [0.1, 0.15) is 5.01 Å². The van der Waals surface area contributed by atoms with Gasteiger partial charge in [0.05, 0.1) is 18.8 Å². The van der Waals surface area contributed by atoms with Crippen molar-refractivity contribution < 1.29 is 10.2 Å². The highest BCUT2D eigenvalue weighted by atomic mass is 32.1. The number of aryl methyl sites for hydroxylation is 1. The predicted octanol–water partition coefficient (Wildman–Crippen LogP) is -1.00. The zero-order chi connectivity index (χ0) is 13.6. The molecule has 2 atom stereocenters. The Morgan fingerprint density at radius 3 is 2.79 bits per heavy atom. The Labute approximate surface area is 112 Å². The van der Waals surface area contributed by atoms with Gasteiger partial charge in [0.15, 0.2) is 0 Å². The molecular formula is C11H14N4O3S. The lowest BCUT2D eigenvalue weighted by atomic mass is 10.3. The number of nitrogens with zero attached hydrogens (tertiary/aromatic N) is 4. The van der Waals surface area contributed by atoms with E-state index in [2.05, 4.69) is 10.1 Å².